The normalized spacial score (nSPS) is 11.0. The molecule has 0 atom stereocenters. The van der Waals surface area contributed by atoms with Crippen molar-refractivity contribution in [1.29, 1.82) is 0 Å². The predicted octanol–water partition coefficient (Wildman–Crippen LogP) is 5.62. The lowest BCUT2D eigenvalue weighted by Crippen LogP contribution is -2.13. The van der Waals surface area contributed by atoms with Gasteiger partial charge in [-0.05, 0) is 24.3 Å². The van der Waals surface area contributed by atoms with Crippen molar-refractivity contribution in [3.8, 4) is 11.3 Å². The van der Waals surface area contributed by atoms with E-state index in [1.54, 1.807) is 29.5 Å². The van der Waals surface area contributed by atoms with E-state index >= 15 is 0 Å². The maximum Gasteiger partial charge on any atom is 0.257 e. The molecule has 7 heteroatoms. The molecular weight excluding hydrogens is 377 g/mol. The molecule has 4 aromatic rings. The molecule has 0 aliphatic rings. The van der Waals surface area contributed by atoms with Gasteiger partial charge in [-0.1, -0.05) is 41.4 Å². The number of rotatable bonds is 3. The Hall–Kier alpha value is -2.34. The minimum Gasteiger partial charge on any atom is -0.321 e. The first-order valence-corrected chi connectivity index (χ1v) is 9.03. The second-order valence-corrected chi connectivity index (χ2v) is 7.06. The number of hydrogen-bond donors (Lipinski definition) is 1. The zero-order chi connectivity index (χ0) is 17.4. The summed E-state index contributed by atoms with van der Waals surface area (Å²) >= 11 is 13.6. The summed E-state index contributed by atoms with van der Waals surface area (Å²) in [4.78, 5) is 18.1. The molecule has 124 valence electrons. The highest BCUT2D eigenvalue weighted by atomic mass is 35.5. The number of hydrogen-bond acceptors (Lipinski definition) is 3. The van der Waals surface area contributed by atoms with Gasteiger partial charge in [0, 0.05) is 28.4 Å². The van der Waals surface area contributed by atoms with Gasteiger partial charge in [-0.3, -0.25) is 9.20 Å². The van der Waals surface area contributed by atoms with E-state index in [1.807, 2.05) is 46.4 Å². The highest BCUT2D eigenvalue weighted by molar-refractivity contribution is 7.15. The van der Waals surface area contributed by atoms with Gasteiger partial charge in [-0.2, -0.15) is 0 Å². The van der Waals surface area contributed by atoms with E-state index in [1.165, 1.54) is 0 Å². The molecule has 0 radical (unpaired) electrons. The molecule has 0 bridgehead atoms. The minimum atomic E-state index is -0.319. The zero-order valence-corrected chi connectivity index (χ0v) is 15.1. The SMILES string of the molecule is O=C(Nc1ccccc1-c1cn2ccsc2n1)c1cc(Cl)ccc1Cl. The molecule has 0 aliphatic carbocycles. The molecule has 4 nitrogen and oxygen atoms in total. The molecule has 0 unspecified atom stereocenters. The summed E-state index contributed by atoms with van der Waals surface area (Å²) in [6.07, 6.45) is 3.88. The summed E-state index contributed by atoms with van der Waals surface area (Å²) in [5, 5.41) is 5.68. The number of amides is 1. The molecule has 0 fully saturated rings. The van der Waals surface area contributed by atoms with Gasteiger partial charge in [0.25, 0.3) is 5.91 Å². The van der Waals surface area contributed by atoms with E-state index in [4.69, 9.17) is 23.2 Å². The summed E-state index contributed by atoms with van der Waals surface area (Å²) in [6, 6.07) is 12.3. The number of anilines is 1. The second kappa shape index (κ2) is 6.52. The number of fused-ring (bicyclic) bond motifs is 1. The van der Waals surface area contributed by atoms with Crippen molar-refractivity contribution in [3.63, 3.8) is 0 Å². The molecule has 2 aromatic carbocycles. The molecule has 1 N–H and O–H groups in total. The highest BCUT2D eigenvalue weighted by Crippen LogP contribution is 2.29. The van der Waals surface area contributed by atoms with E-state index < -0.39 is 0 Å². The molecule has 2 aromatic heterocycles. The van der Waals surface area contributed by atoms with Crippen LogP contribution >= 0.6 is 34.5 Å². The van der Waals surface area contributed by atoms with Crippen LogP contribution in [0.1, 0.15) is 10.4 Å². The molecule has 0 saturated heterocycles. The first-order chi connectivity index (χ1) is 12.1. The zero-order valence-electron chi connectivity index (χ0n) is 12.7. The van der Waals surface area contributed by atoms with Gasteiger partial charge >= 0.3 is 0 Å². The Bertz CT molecular complexity index is 1060. The number of aromatic nitrogens is 2. The average molecular weight is 388 g/mol. The van der Waals surface area contributed by atoms with Crippen LogP contribution in [0.15, 0.2) is 60.2 Å². The fourth-order valence-electron chi connectivity index (χ4n) is 2.53. The number of nitrogens with one attached hydrogen (secondary N) is 1. The number of carbonyl (C=O) groups excluding carboxylic acids is 1. The topological polar surface area (TPSA) is 46.4 Å². The first kappa shape index (κ1) is 16.1. The summed E-state index contributed by atoms with van der Waals surface area (Å²) in [5.74, 6) is -0.319. The number of thiazole rings is 1. The summed E-state index contributed by atoms with van der Waals surface area (Å²) in [5.41, 5.74) is 2.62. The van der Waals surface area contributed by atoms with Crippen molar-refractivity contribution >= 4 is 51.1 Å². The molecule has 2 heterocycles. The fourth-order valence-corrected chi connectivity index (χ4v) is 3.61. The van der Waals surface area contributed by atoms with Crippen molar-refractivity contribution in [2.75, 3.05) is 5.32 Å². The van der Waals surface area contributed by atoms with Crippen molar-refractivity contribution < 1.29 is 4.79 Å². The largest absolute Gasteiger partial charge is 0.321 e. The smallest absolute Gasteiger partial charge is 0.257 e. The highest BCUT2D eigenvalue weighted by Gasteiger charge is 2.15. The van der Waals surface area contributed by atoms with Gasteiger partial charge in [-0.25, -0.2) is 4.98 Å². The van der Waals surface area contributed by atoms with E-state index in [0.29, 0.717) is 21.3 Å². The number of benzene rings is 2. The maximum absolute atomic E-state index is 12.6. The average Bonchev–Trinajstić information content (AvgIpc) is 3.19. The minimum absolute atomic E-state index is 0.319. The van der Waals surface area contributed by atoms with Crippen LogP contribution < -0.4 is 5.32 Å². The number of carbonyl (C=O) groups is 1. The van der Waals surface area contributed by atoms with Crippen molar-refractivity contribution in [2.45, 2.75) is 0 Å². The predicted molar refractivity (Wildman–Crippen MR) is 103 cm³/mol. The first-order valence-electron chi connectivity index (χ1n) is 7.40. The lowest BCUT2D eigenvalue weighted by molar-refractivity contribution is 0.102. The number of imidazole rings is 1. The van der Waals surface area contributed by atoms with Crippen LogP contribution in [0.5, 0.6) is 0 Å². The Balaban J connectivity index is 1.70. The quantitative estimate of drug-likeness (QED) is 0.495. The number of para-hydroxylation sites is 1. The van der Waals surface area contributed by atoms with Crippen molar-refractivity contribution in [1.82, 2.24) is 9.38 Å². The van der Waals surface area contributed by atoms with Crippen LogP contribution in [0.4, 0.5) is 5.69 Å². The lowest BCUT2D eigenvalue weighted by Gasteiger charge is -2.10. The van der Waals surface area contributed by atoms with Gasteiger partial charge in [0.05, 0.1) is 22.0 Å². The van der Waals surface area contributed by atoms with Gasteiger partial charge < -0.3 is 5.32 Å². The van der Waals surface area contributed by atoms with Gasteiger partial charge in [0.15, 0.2) is 4.96 Å². The molecule has 0 saturated carbocycles. The van der Waals surface area contributed by atoms with Gasteiger partial charge in [0.2, 0.25) is 0 Å². The summed E-state index contributed by atoms with van der Waals surface area (Å²) in [6.45, 7) is 0. The molecule has 0 spiro atoms. The van der Waals surface area contributed by atoms with Crippen molar-refractivity contribution in [2.24, 2.45) is 0 Å². The van der Waals surface area contributed by atoms with Gasteiger partial charge in [0.1, 0.15) is 0 Å². The Kier molecular flexibility index (Phi) is 4.21. The molecule has 4 rings (SSSR count). The van der Waals surface area contributed by atoms with E-state index in [2.05, 4.69) is 10.3 Å². The Morgan fingerprint density at radius 2 is 2.00 bits per heavy atom. The summed E-state index contributed by atoms with van der Waals surface area (Å²) in [7, 11) is 0. The Morgan fingerprint density at radius 1 is 1.16 bits per heavy atom. The van der Waals surface area contributed by atoms with Crippen LogP contribution in [0.2, 0.25) is 10.0 Å². The van der Waals surface area contributed by atoms with Crippen LogP contribution in [0.3, 0.4) is 0 Å². The molecule has 0 aliphatic heterocycles. The maximum atomic E-state index is 12.6. The van der Waals surface area contributed by atoms with E-state index in [0.717, 1.165) is 16.2 Å². The lowest BCUT2D eigenvalue weighted by atomic mass is 10.1. The standard InChI is InChI=1S/C18H11Cl2N3OS/c19-11-5-6-14(20)13(9-11)17(24)21-15-4-2-1-3-12(15)16-10-23-7-8-25-18(23)22-16/h1-10H,(H,21,24). The Morgan fingerprint density at radius 3 is 2.84 bits per heavy atom. The molecule has 1 amide bonds. The molecular formula is C18H11Cl2N3OS. The monoisotopic (exact) mass is 387 g/mol. The van der Waals surface area contributed by atoms with Crippen molar-refractivity contribution in [3.05, 3.63) is 75.8 Å². The van der Waals surface area contributed by atoms with Crippen LogP contribution in [-0.2, 0) is 0 Å². The van der Waals surface area contributed by atoms with Crippen LogP contribution in [0.25, 0.3) is 16.2 Å². The second-order valence-electron chi connectivity index (χ2n) is 5.34. The third-order valence-electron chi connectivity index (χ3n) is 3.72. The Labute approximate surface area is 157 Å². The third kappa shape index (κ3) is 3.14. The third-order valence-corrected chi connectivity index (χ3v) is 5.05. The van der Waals surface area contributed by atoms with Gasteiger partial charge in [-0.15, -0.1) is 11.3 Å². The number of nitrogens with zero attached hydrogens (tertiary/aromatic N) is 2. The van der Waals surface area contributed by atoms with E-state index in [-0.39, 0.29) is 5.91 Å². The fraction of sp³-hybridized carbons (Fsp3) is 0. The van der Waals surface area contributed by atoms with Crippen LogP contribution in [-0.4, -0.2) is 15.3 Å². The van der Waals surface area contributed by atoms with E-state index in [9.17, 15) is 4.79 Å². The van der Waals surface area contributed by atoms with Crippen LogP contribution in [0, 0.1) is 0 Å². The molecule has 25 heavy (non-hydrogen) atoms. The summed E-state index contributed by atoms with van der Waals surface area (Å²) < 4.78 is 1.95. The number of halogens is 2.